The lowest BCUT2D eigenvalue weighted by atomic mass is 9.95. The molecule has 0 radical (unpaired) electrons. The number of aromatic nitrogens is 2. The summed E-state index contributed by atoms with van der Waals surface area (Å²) in [6.45, 7) is 6.61. The molecule has 9 nitrogen and oxygen atoms in total. The Morgan fingerprint density at radius 2 is 2.08 bits per heavy atom. The second kappa shape index (κ2) is 11.4. The number of carbonyl (C=O) groups is 3. The van der Waals surface area contributed by atoms with Gasteiger partial charge in [-0.3, -0.25) is 19.2 Å². The third-order valence-electron chi connectivity index (χ3n) is 5.72. The van der Waals surface area contributed by atoms with Gasteiger partial charge in [0.1, 0.15) is 10.7 Å². The molecule has 0 saturated heterocycles. The van der Waals surface area contributed by atoms with E-state index in [2.05, 4.69) is 15.4 Å². The standard InChI is InChI=1S/C25H31N5O4S2/c1-5-34-24(33)21-17-8-6-7-9-19(17)36-22(21)28-20(31)14-35-25-27-18(10-16-11-26-29(4)13-16)23(32)30(25)12-15(2)3/h10-11,13,15H,5-9,12,14H2,1-4H3,(H,28,31). The Morgan fingerprint density at radius 3 is 2.78 bits per heavy atom. The van der Waals surface area contributed by atoms with Gasteiger partial charge >= 0.3 is 5.97 Å². The van der Waals surface area contributed by atoms with Crippen molar-refractivity contribution in [3.8, 4) is 0 Å². The monoisotopic (exact) mass is 529 g/mol. The zero-order valence-corrected chi connectivity index (χ0v) is 22.6. The van der Waals surface area contributed by atoms with Crippen molar-refractivity contribution < 1.29 is 19.1 Å². The van der Waals surface area contributed by atoms with Crippen LogP contribution in [-0.2, 0) is 34.2 Å². The second-order valence-electron chi connectivity index (χ2n) is 9.15. The van der Waals surface area contributed by atoms with Crippen LogP contribution in [0.15, 0.2) is 23.1 Å². The van der Waals surface area contributed by atoms with Crippen molar-refractivity contribution in [1.29, 1.82) is 0 Å². The number of esters is 1. The topological polar surface area (TPSA) is 106 Å². The van der Waals surface area contributed by atoms with Crippen LogP contribution in [0.3, 0.4) is 0 Å². The smallest absolute Gasteiger partial charge is 0.341 e. The van der Waals surface area contributed by atoms with Gasteiger partial charge in [-0.25, -0.2) is 9.79 Å². The summed E-state index contributed by atoms with van der Waals surface area (Å²) in [5.41, 5.74) is 2.60. The number of hydrogen-bond donors (Lipinski definition) is 1. The highest BCUT2D eigenvalue weighted by molar-refractivity contribution is 8.14. The molecule has 0 bridgehead atoms. The number of thioether (sulfide) groups is 1. The molecule has 11 heteroatoms. The minimum atomic E-state index is -0.390. The average molecular weight is 530 g/mol. The van der Waals surface area contributed by atoms with E-state index in [4.69, 9.17) is 4.74 Å². The molecule has 36 heavy (non-hydrogen) atoms. The second-order valence-corrected chi connectivity index (χ2v) is 11.2. The summed E-state index contributed by atoms with van der Waals surface area (Å²) in [6.07, 6.45) is 9.01. The van der Waals surface area contributed by atoms with Crippen LogP contribution in [0.5, 0.6) is 0 Å². The first-order valence-electron chi connectivity index (χ1n) is 12.1. The minimum Gasteiger partial charge on any atom is -0.462 e. The fraction of sp³-hybridized carbons (Fsp3) is 0.480. The molecule has 4 rings (SSSR count). The number of nitrogens with zero attached hydrogens (tertiary/aromatic N) is 4. The molecule has 0 fully saturated rings. The molecule has 2 aliphatic rings. The SMILES string of the molecule is CCOC(=O)c1c(NC(=O)CSC2=NC(=Cc3cnn(C)c3)C(=O)N2CC(C)C)sc2c1CCCC2. The average Bonchev–Trinajstić information content (AvgIpc) is 3.49. The lowest BCUT2D eigenvalue weighted by Crippen LogP contribution is -2.34. The van der Waals surface area contributed by atoms with Gasteiger partial charge < -0.3 is 10.1 Å². The maximum Gasteiger partial charge on any atom is 0.341 e. The van der Waals surface area contributed by atoms with Gasteiger partial charge in [-0.05, 0) is 50.2 Å². The maximum absolute atomic E-state index is 13.0. The normalized spacial score (nSPS) is 16.5. The maximum atomic E-state index is 13.0. The molecule has 2 aromatic rings. The minimum absolute atomic E-state index is 0.0612. The molecule has 2 amide bonds. The van der Waals surface area contributed by atoms with Gasteiger partial charge in [0.15, 0.2) is 5.17 Å². The number of hydrogen-bond acceptors (Lipinski definition) is 8. The third-order valence-corrected chi connectivity index (χ3v) is 7.91. The highest BCUT2D eigenvalue weighted by atomic mass is 32.2. The van der Waals surface area contributed by atoms with E-state index in [0.717, 1.165) is 41.7 Å². The molecule has 0 atom stereocenters. The molecule has 0 unspecified atom stereocenters. The van der Waals surface area contributed by atoms with Crippen molar-refractivity contribution in [1.82, 2.24) is 14.7 Å². The van der Waals surface area contributed by atoms with E-state index in [1.807, 2.05) is 27.1 Å². The summed E-state index contributed by atoms with van der Waals surface area (Å²) >= 11 is 2.68. The van der Waals surface area contributed by atoms with E-state index in [-0.39, 0.29) is 36.1 Å². The van der Waals surface area contributed by atoms with E-state index in [0.29, 0.717) is 28.0 Å². The van der Waals surface area contributed by atoms with Crippen LogP contribution in [0.4, 0.5) is 5.00 Å². The third kappa shape index (κ3) is 5.89. The Morgan fingerprint density at radius 1 is 1.31 bits per heavy atom. The fourth-order valence-electron chi connectivity index (χ4n) is 4.21. The van der Waals surface area contributed by atoms with Crippen LogP contribution >= 0.6 is 23.1 Å². The van der Waals surface area contributed by atoms with Gasteiger partial charge in [-0.1, -0.05) is 25.6 Å². The zero-order chi connectivity index (χ0) is 25.8. The van der Waals surface area contributed by atoms with Gasteiger partial charge in [-0.2, -0.15) is 5.10 Å². The Balaban J connectivity index is 1.49. The predicted molar refractivity (Wildman–Crippen MR) is 143 cm³/mol. The fourth-order valence-corrected chi connectivity index (χ4v) is 6.31. The van der Waals surface area contributed by atoms with Gasteiger partial charge in [0, 0.05) is 30.2 Å². The first kappa shape index (κ1) is 26.2. The molecule has 0 spiro atoms. The highest BCUT2D eigenvalue weighted by Crippen LogP contribution is 2.38. The van der Waals surface area contributed by atoms with E-state index in [9.17, 15) is 14.4 Å². The Labute approximate surface area is 219 Å². The van der Waals surface area contributed by atoms with Gasteiger partial charge in [0.2, 0.25) is 5.91 Å². The molecule has 2 aromatic heterocycles. The van der Waals surface area contributed by atoms with Crippen molar-refractivity contribution in [2.75, 3.05) is 24.2 Å². The number of carbonyl (C=O) groups excluding carboxylic acids is 3. The number of amidine groups is 1. The molecule has 0 saturated carbocycles. The summed E-state index contributed by atoms with van der Waals surface area (Å²) in [7, 11) is 1.81. The van der Waals surface area contributed by atoms with Crippen LogP contribution in [0.25, 0.3) is 6.08 Å². The first-order chi connectivity index (χ1) is 17.3. The summed E-state index contributed by atoms with van der Waals surface area (Å²) in [6, 6.07) is 0. The Bertz CT molecular complexity index is 1230. The number of aliphatic imine (C=N–C) groups is 1. The number of fused-ring (bicyclic) bond motifs is 1. The number of thiophene rings is 1. The van der Waals surface area contributed by atoms with Crippen molar-refractivity contribution in [2.45, 2.75) is 46.5 Å². The molecule has 1 aliphatic heterocycles. The Kier molecular flexibility index (Phi) is 8.30. The number of amides is 2. The van der Waals surface area contributed by atoms with E-state index in [1.165, 1.54) is 23.1 Å². The van der Waals surface area contributed by atoms with Crippen LogP contribution < -0.4 is 5.32 Å². The lowest BCUT2D eigenvalue weighted by molar-refractivity contribution is -0.123. The molecule has 192 valence electrons. The number of aryl methyl sites for hydroxylation is 2. The molecule has 3 heterocycles. The largest absolute Gasteiger partial charge is 0.462 e. The van der Waals surface area contributed by atoms with E-state index in [1.54, 1.807) is 28.8 Å². The van der Waals surface area contributed by atoms with E-state index >= 15 is 0 Å². The van der Waals surface area contributed by atoms with Crippen molar-refractivity contribution >= 4 is 57.1 Å². The summed E-state index contributed by atoms with van der Waals surface area (Å²) in [4.78, 5) is 46.0. The molecular formula is C25H31N5O4S2. The molecule has 0 aromatic carbocycles. The highest BCUT2D eigenvalue weighted by Gasteiger charge is 2.32. The van der Waals surface area contributed by atoms with Crippen molar-refractivity contribution in [3.63, 3.8) is 0 Å². The predicted octanol–water partition coefficient (Wildman–Crippen LogP) is 4.10. The number of anilines is 1. The molecular weight excluding hydrogens is 498 g/mol. The Hall–Kier alpha value is -2.92. The lowest BCUT2D eigenvalue weighted by Gasteiger charge is -2.19. The summed E-state index contributed by atoms with van der Waals surface area (Å²) in [5, 5.41) is 8.10. The quantitative estimate of drug-likeness (QED) is 0.408. The van der Waals surface area contributed by atoms with Crippen molar-refractivity contribution in [2.24, 2.45) is 18.0 Å². The van der Waals surface area contributed by atoms with Crippen LogP contribution in [-0.4, -0.2) is 56.5 Å². The zero-order valence-electron chi connectivity index (χ0n) is 21.0. The first-order valence-corrected chi connectivity index (χ1v) is 13.9. The van der Waals surface area contributed by atoms with Crippen LogP contribution in [0.1, 0.15) is 60.0 Å². The van der Waals surface area contributed by atoms with Gasteiger partial charge in [0.25, 0.3) is 5.91 Å². The van der Waals surface area contributed by atoms with Crippen LogP contribution in [0.2, 0.25) is 0 Å². The van der Waals surface area contributed by atoms with Gasteiger partial charge in [0.05, 0.1) is 24.1 Å². The summed E-state index contributed by atoms with van der Waals surface area (Å²) < 4.78 is 6.94. The number of ether oxygens (including phenoxy) is 1. The van der Waals surface area contributed by atoms with E-state index < -0.39 is 0 Å². The van der Waals surface area contributed by atoms with Crippen molar-refractivity contribution in [3.05, 3.63) is 39.7 Å². The molecule has 1 aliphatic carbocycles. The molecule has 1 N–H and O–H groups in total. The van der Waals surface area contributed by atoms with Crippen LogP contribution in [0, 0.1) is 5.92 Å². The van der Waals surface area contributed by atoms with Gasteiger partial charge in [-0.15, -0.1) is 11.3 Å². The number of nitrogens with one attached hydrogen (secondary N) is 1. The summed E-state index contributed by atoms with van der Waals surface area (Å²) in [5.74, 6) is -0.541. The number of rotatable bonds is 8.